The highest BCUT2D eigenvalue weighted by Gasteiger charge is 2.46. The molecule has 39 heavy (non-hydrogen) atoms. The van der Waals surface area contributed by atoms with Crippen LogP contribution >= 0.6 is 11.6 Å². The van der Waals surface area contributed by atoms with Gasteiger partial charge in [0.15, 0.2) is 0 Å². The van der Waals surface area contributed by atoms with Gasteiger partial charge in [0, 0.05) is 12.6 Å². The van der Waals surface area contributed by atoms with Gasteiger partial charge in [0.25, 0.3) is 11.7 Å². The van der Waals surface area contributed by atoms with E-state index in [-0.39, 0.29) is 34.6 Å². The lowest BCUT2D eigenvalue weighted by molar-refractivity contribution is -0.140. The molecule has 1 atom stereocenters. The summed E-state index contributed by atoms with van der Waals surface area (Å²) in [5.74, 6) is -0.252. The molecular formula is C30H30ClNO7. The highest BCUT2D eigenvalue weighted by Crippen LogP contribution is 2.44. The second-order valence-electron chi connectivity index (χ2n) is 9.20. The third-order valence-electron chi connectivity index (χ3n) is 6.30. The van der Waals surface area contributed by atoms with Crippen LogP contribution in [0.1, 0.15) is 36.6 Å². The molecule has 1 amide bonds. The minimum Gasteiger partial charge on any atom is -0.507 e. The molecule has 3 aromatic carbocycles. The first-order chi connectivity index (χ1) is 18.7. The first kappa shape index (κ1) is 27.9. The third kappa shape index (κ3) is 5.66. The number of halogens is 1. The lowest BCUT2D eigenvalue weighted by atomic mass is 9.94. The van der Waals surface area contributed by atoms with Crippen LogP contribution in [-0.2, 0) is 16.1 Å². The molecule has 1 saturated heterocycles. The number of methoxy groups -OCH3 is 3. The molecule has 0 aliphatic carbocycles. The quantitative estimate of drug-likeness (QED) is 0.205. The number of ketones is 1. The molecule has 204 valence electrons. The zero-order valence-electron chi connectivity index (χ0n) is 22.4. The standard InChI is InChI=1S/C30H30ClNO7/c1-17(2)39-21-11-7-9-19(13-21)27-26(28(33)22-14-23(31)25(38-5)15-24(22)37-4)29(34)30(35)32(27)16-18-8-6-10-20(12-18)36-3/h6-15,17,27,33H,16H2,1-5H3/b28-26+. The van der Waals surface area contributed by atoms with Crippen LogP contribution in [0.5, 0.6) is 23.0 Å². The van der Waals surface area contributed by atoms with E-state index >= 15 is 0 Å². The SMILES string of the molecule is COc1cccc(CN2C(=O)C(=O)/C(=C(/O)c3cc(Cl)c(OC)cc3OC)C2c2cccc(OC(C)C)c2)c1. The van der Waals surface area contributed by atoms with Crippen molar-refractivity contribution in [3.8, 4) is 23.0 Å². The van der Waals surface area contributed by atoms with Gasteiger partial charge in [0.2, 0.25) is 0 Å². The zero-order valence-corrected chi connectivity index (χ0v) is 23.1. The van der Waals surface area contributed by atoms with Crippen LogP contribution in [0.15, 0.2) is 66.2 Å². The van der Waals surface area contributed by atoms with E-state index in [2.05, 4.69) is 0 Å². The molecule has 1 N–H and O–H groups in total. The second kappa shape index (κ2) is 11.7. The molecule has 0 aromatic heterocycles. The summed E-state index contributed by atoms with van der Waals surface area (Å²) in [7, 11) is 4.43. The van der Waals surface area contributed by atoms with Gasteiger partial charge in [0.05, 0.1) is 49.6 Å². The summed E-state index contributed by atoms with van der Waals surface area (Å²) in [6.07, 6.45) is -0.0888. The van der Waals surface area contributed by atoms with Gasteiger partial charge in [-0.05, 0) is 55.3 Å². The van der Waals surface area contributed by atoms with E-state index in [1.165, 1.54) is 31.3 Å². The topological polar surface area (TPSA) is 94.5 Å². The molecule has 3 aromatic rings. The van der Waals surface area contributed by atoms with Crippen LogP contribution in [0.2, 0.25) is 5.02 Å². The Bertz CT molecular complexity index is 1430. The Balaban J connectivity index is 1.92. The van der Waals surface area contributed by atoms with Crippen LogP contribution in [-0.4, -0.2) is 49.1 Å². The highest BCUT2D eigenvalue weighted by molar-refractivity contribution is 6.46. The largest absolute Gasteiger partial charge is 0.507 e. The summed E-state index contributed by atoms with van der Waals surface area (Å²) < 4.78 is 21.9. The molecule has 1 fully saturated rings. The molecule has 1 aliphatic rings. The molecule has 0 spiro atoms. The van der Waals surface area contributed by atoms with E-state index in [1.807, 2.05) is 19.9 Å². The molecule has 0 bridgehead atoms. The number of amides is 1. The Morgan fingerprint density at radius 2 is 1.62 bits per heavy atom. The molecule has 0 radical (unpaired) electrons. The van der Waals surface area contributed by atoms with Crippen molar-refractivity contribution in [3.05, 3.63) is 87.9 Å². The number of Topliss-reactive ketones (excluding diaryl/α,β-unsaturated/α-hetero) is 1. The van der Waals surface area contributed by atoms with Crippen LogP contribution in [0.3, 0.4) is 0 Å². The van der Waals surface area contributed by atoms with Crippen molar-refractivity contribution in [1.29, 1.82) is 0 Å². The molecular weight excluding hydrogens is 522 g/mol. The molecule has 8 nitrogen and oxygen atoms in total. The maximum absolute atomic E-state index is 13.5. The minimum absolute atomic E-state index is 0.0888. The summed E-state index contributed by atoms with van der Waals surface area (Å²) in [6.45, 7) is 3.90. The normalized spacial score (nSPS) is 16.5. The van der Waals surface area contributed by atoms with Crippen molar-refractivity contribution in [2.75, 3.05) is 21.3 Å². The Morgan fingerprint density at radius 1 is 0.923 bits per heavy atom. The number of hydrogen-bond acceptors (Lipinski definition) is 7. The first-order valence-corrected chi connectivity index (χ1v) is 12.7. The highest BCUT2D eigenvalue weighted by atomic mass is 35.5. The summed E-state index contributed by atoms with van der Waals surface area (Å²) in [5, 5.41) is 11.8. The van der Waals surface area contributed by atoms with Crippen molar-refractivity contribution < 1.29 is 33.6 Å². The monoisotopic (exact) mass is 551 g/mol. The van der Waals surface area contributed by atoms with Gasteiger partial charge in [0.1, 0.15) is 28.8 Å². The molecule has 4 rings (SSSR count). The summed E-state index contributed by atoms with van der Waals surface area (Å²) in [6, 6.07) is 16.4. The van der Waals surface area contributed by atoms with Crippen LogP contribution in [0, 0.1) is 0 Å². The number of ether oxygens (including phenoxy) is 4. The Labute approximate surface area is 232 Å². The van der Waals surface area contributed by atoms with Gasteiger partial charge in [-0.2, -0.15) is 0 Å². The summed E-state index contributed by atoms with van der Waals surface area (Å²) in [5.41, 5.74) is 1.41. The fourth-order valence-electron chi connectivity index (χ4n) is 4.58. The average Bonchev–Trinajstić information content (AvgIpc) is 3.17. The van der Waals surface area contributed by atoms with Crippen molar-refractivity contribution in [3.63, 3.8) is 0 Å². The number of rotatable bonds is 9. The van der Waals surface area contributed by atoms with Crippen LogP contribution in [0.4, 0.5) is 0 Å². The number of aliphatic hydroxyl groups is 1. The fraction of sp³-hybridized carbons (Fsp3) is 0.267. The van der Waals surface area contributed by atoms with Gasteiger partial charge >= 0.3 is 0 Å². The van der Waals surface area contributed by atoms with Crippen LogP contribution in [0.25, 0.3) is 5.76 Å². The Kier molecular flexibility index (Phi) is 8.35. The van der Waals surface area contributed by atoms with Crippen molar-refractivity contribution in [2.45, 2.75) is 32.5 Å². The lowest BCUT2D eigenvalue weighted by Crippen LogP contribution is -2.29. The molecule has 1 aliphatic heterocycles. The Hall–Kier alpha value is -4.17. The number of carbonyl (C=O) groups excluding carboxylic acids is 2. The maximum Gasteiger partial charge on any atom is 0.295 e. The fourth-order valence-corrected chi connectivity index (χ4v) is 4.82. The van der Waals surface area contributed by atoms with Crippen molar-refractivity contribution in [2.24, 2.45) is 0 Å². The number of hydrogen-bond donors (Lipinski definition) is 1. The summed E-state index contributed by atoms with van der Waals surface area (Å²) >= 11 is 6.36. The van der Waals surface area contributed by atoms with Gasteiger partial charge < -0.3 is 29.0 Å². The molecule has 1 unspecified atom stereocenters. The van der Waals surface area contributed by atoms with Gasteiger partial charge in [-0.3, -0.25) is 9.59 Å². The molecule has 1 heterocycles. The first-order valence-electron chi connectivity index (χ1n) is 12.3. The van der Waals surface area contributed by atoms with Crippen molar-refractivity contribution >= 4 is 29.1 Å². The van der Waals surface area contributed by atoms with Gasteiger partial charge in [-0.1, -0.05) is 35.9 Å². The van der Waals surface area contributed by atoms with E-state index < -0.39 is 23.5 Å². The second-order valence-corrected chi connectivity index (χ2v) is 9.61. The van der Waals surface area contributed by atoms with E-state index in [4.69, 9.17) is 30.5 Å². The predicted octanol–water partition coefficient (Wildman–Crippen LogP) is 5.77. The zero-order chi connectivity index (χ0) is 28.3. The molecule has 0 saturated carbocycles. The van der Waals surface area contributed by atoms with Gasteiger partial charge in [-0.15, -0.1) is 0 Å². The van der Waals surface area contributed by atoms with E-state index in [1.54, 1.807) is 49.6 Å². The van der Waals surface area contributed by atoms with Crippen molar-refractivity contribution in [1.82, 2.24) is 4.90 Å². The van der Waals surface area contributed by atoms with E-state index in [0.29, 0.717) is 22.8 Å². The lowest BCUT2D eigenvalue weighted by Gasteiger charge is -2.26. The van der Waals surface area contributed by atoms with E-state index in [0.717, 1.165) is 5.56 Å². The maximum atomic E-state index is 13.5. The van der Waals surface area contributed by atoms with Crippen LogP contribution < -0.4 is 18.9 Å². The van der Waals surface area contributed by atoms with E-state index in [9.17, 15) is 14.7 Å². The minimum atomic E-state index is -0.919. The Morgan fingerprint density at radius 3 is 2.28 bits per heavy atom. The number of aliphatic hydroxyl groups excluding tert-OH is 1. The molecule has 9 heteroatoms. The number of carbonyl (C=O) groups is 2. The number of likely N-dealkylation sites (tertiary alicyclic amines) is 1. The smallest absolute Gasteiger partial charge is 0.295 e. The van der Waals surface area contributed by atoms with Gasteiger partial charge in [-0.25, -0.2) is 0 Å². The number of benzene rings is 3. The average molecular weight is 552 g/mol. The third-order valence-corrected chi connectivity index (χ3v) is 6.60. The summed E-state index contributed by atoms with van der Waals surface area (Å²) in [4.78, 5) is 28.4. The predicted molar refractivity (Wildman–Crippen MR) is 148 cm³/mol. The number of nitrogens with zero attached hydrogens (tertiary/aromatic N) is 1.